The number of rotatable bonds is 2. The topological polar surface area (TPSA) is 36.7 Å². The summed E-state index contributed by atoms with van der Waals surface area (Å²) in [5.41, 5.74) is -0.125. The average molecular weight is 248 g/mol. The minimum absolute atomic E-state index is 0.00975. The van der Waals surface area contributed by atoms with Crippen molar-refractivity contribution in [3.63, 3.8) is 0 Å². The highest BCUT2D eigenvalue weighted by Gasteiger charge is 2.15. The van der Waals surface area contributed by atoms with Crippen LogP contribution in [0.4, 0.5) is 13.2 Å². The van der Waals surface area contributed by atoms with Crippen LogP contribution in [0.2, 0.25) is 0 Å². The molecule has 1 aromatic heterocycles. The number of hydrogen-bond donors (Lipinski definition) is 0. The molecule has 1 aromatic carbocycles. The normalized spacial score (nSPS) is 10.1. The van der Waals surface area contributed by atoms with Crippen molar-refractivity contribution < 1.29 is 13.2 Å². The predicted octanol–water partition coefficient (Wildman–Crippen LogP) is 3.23. The molecule has 2 aromatic rings. The largest absolute Gasteiger partial charge is 0.253 e. The first-order valence-corrected chi connectivity index (χ1v) is 5.09. The molecule has 0 amide bonds. The van der Waals surface area contributed by atoms with Crippen molar-refractivity contribution in [1.29, 1.82) is 5.26 Å². The van der Waals surface area contributed by atoms with Crippen LogP contribution in [0.3, 0.4) is 0 Å². The summed E-state index contributed by atoms with van der Waals surface area (Å²) in [4.78, 5) is 3.74. The van der Waals surface area contributed by atoms with E-state index in [-0.39, 0.29) is 17.7 Å². The van der Waals surface area contributed by atoms with E-state index in [1.54, 1.807) is 0 Å². The Kier molecular flexibility index (Phi) is 3.28. The Bertz CT molecular complexity index is 633. The molecule has 0 radical (unpaired) electrons. The van der Waals surface area contributed by atoms with Gasteiger partial charge in [-0.25, -0.2) is 13.2 Å². The molecule has 2 nitrogen and oxygen atoms in total. The van der Waals surface area contributed by atoms with Crippen molar-refractivity contribution in [2.75, 3.05) is 0 Å². The summed E-state index contributed by atoms with van der Waals surface area (Å²) in [5, 5.41) is 8.47. The number of benzene rings is 1. The van der Waals surface area contributed by atoms with Gasteiger partial charge in [-0.3, -0.25) is 4.98 Å². The fourth-order valence-corrected chi connectivity index (χ4v) is 1.55. The standard InChI is InChI=1S/C13H7F3N2/c14-10-3-1-2-9(12(10)16)13-11(15)6-8(4-5-17)7-18-13/h1-3,6-7H,4H2. The summed E-state index contributed by atoms with van der Waals surface area (Å²) >= 11 is 0. The van der Waals surface area contributed by atoms with E-state index in [9.17, 15) is 13.2 Å². The van der Waals surface area contributed by atoms with E-state index in [1.165, 1.54) is 18.3 Å². The highest BCUT2D eigenvalue weighted by Crippen LogP contribution is 2.25. The third-order valence-corrected chi connectivity index (χ3v) is 2.39. The fraction of sp³-hybridized carbons (Fsp3) is 0.0769. The fourth-order valence-electron chi connectivity index (χ4n) is 1.55. The SMILES string of the molecule is N#CCc1cnc(-c2cccc(F)c2F)c(F)c1. The second-order valence-electron chi connectivity index (χ2n) is 3.61. The number of aromatic nitrogens is 1. The van der Waals surface area contributed by atoms with Crippen molar-refractivity contribution >= 4 is 0 Å². The van der Waals surface area contributed by atoms with Crippen molar-refractivity contribution in [2.24, 2.45) is 0 Å². The number of nitriles is 1. The molecule has 0 aliphatic heterocycles. The Balaban J connectivity index is 2.52. The van der Waals surface area contributed by atoms with Gasteiger partial charge in [-0.15, -0.1) is 0 Å². The Hall–Kier alpha value is -2.35. The van der Waals surface area contributed by atoms with Crippen LogP contribution in [-0.4, -0.2) is 4.98 Å². The van der Waals surface area contributed by atoms with Gasteiger partial charge in [-0.2, -0.15) is 5.26 Å². The number of nitrogens with zero attached hydrogens (tertiary/aromatic N) is 2. The molecule has 18 heavy (non-hydrogen) atoms. The van der Waals surface area contributed by atoms with E-state index in [2.05, 4.69) is 4.98 Å². The van der Waals surface area contributed by atoms with E-state index in [1.807, 2.05) is 6.07 Å². The van der Waals surface area contributed by atoms with E-state index >= 15 is 0 Å². The van der Waals surface area contributed by atoms with Gasteiger partial charge in [0.15, 0.2) is 11.6 Å². The number of halogens is 3. The molecule has 0 N–H and O–H groups in total. The van der Waals surface area contributed by atoms with Gasteiger partial charge in [0.1, 0.15) is 11.5 Å². The zero-order chi connectivity index (χ0) is 13.1. The van der Waals surface area contributed by atoms with Crippen LogP contribution in [0, 0.1) is 28.8 Å². The third-order valence-electron chi connectivity index (χ3n) is 2.39. The van der Waals surface area contributed by atoms with Crippen LogP contribution in [0.15, 0.2) is 30.5 Å². The smallest absolute Gasteiger partial charge is 0.168 e. The molecule has 0 unspecified atom stereocenters. The lowest BCUT2D eigenvalue weighted by atomic mass is 10.1. The molecule has 0 aliphatic rings. The maximum Gasteiger partial charge on any atom is 0.168 e. The van der Waals surface area contributed by atoms with Gasteiger partial charge in [0, 0.05) is 11.8 Å². The first-order valence-electron chi connectivity index (χ1n) is 5.09. The minimum atomic E-state index is -1.14. The van der Waals surface area contributed by atoms with Gasteiger partial charge >= 0.3 is 0 Å². The van der Waals surface area contributed by atoms with Gasteiger partial charge in [0.2, 0.25) is 0 Å². The summed E-state index contributed by atoms with van der Waals surface area (Å²) in [5.74, 6) is -2.99. The summed E-state index contributed by atoms with van der Waals surface area (Å²) in [6, 6.07) is 6.41. The van der Waals surface area contributed by atoms with Gasteiger partial charge in [-0.05, 0) is 23.8 Å². The summed E-state index contributed by atoms with van der Waals surface area (Å²) in [7, 11) is 0. The molecule has 1 heterocycles. The van der Waals surface area contributed by atoms with Crippen molar-refractivity contribution in [2.45, 2.75) is 6.42 Å². The van der Waals surface area contributed by atoms with Crippen LogP contribution in [0.1, 0.15) is 5.56 Å². The first kappa shape index (κ1) is 12.1. The predicted molar refractivity (Wildman–Crippen MR) is 58.9 cm³/mol. The van der Waals surface area contributed by atoms with Crippen molar-refractivity contribution in [3.8, 4) is 17.3 Å². The molecular formula is C13H7F3N2. The Morgan fingerprint density at radius 1 is 1.17 bits per heavy atom. The second kappa shape index (κ2) is 4.88. The lowest BCUT2D eigenvalue weighted by Crippen LogP contribution is -1.96. The Labute approximate surface area is 101 Å². The minimum Gasteiger partial charge on any atom is -0.253 e. The van der Waals surface area contributed by atoms with Crippen molar-refractivity contribution in [1.82, 2.24) is 4.98 Å². The molecule has 2 rings (SSSR count). The third kappa shape index (κ3) is 2.18. The number of hydrogen-bond acceptors (Lipinski definition) is 2. The zero-order valence-electron chi connectivity index (χ0n) is 9.12. The molecule has 0 saturated carbocycles. The van der Waals surface area contributed by atoms with Crippen molar-refractivity contribution in [3.05, 3.63) is 53.5 Å². The molecule has 0 bridgehead atoms. The summed E-state index contributed by atoms with van der Waals surface area (Å²) in [6.07, 6.45) is 1.28. The van der Waals surface area contributed by atoms with Crippen LogP contribution in [-0.2, 0) is 6.42 Å². The van der Waals surface area contributed by atoms with Crippen LogP contribution in [0.5, 0.6) is 0 Å². The number of pyridine rings is 1. The molecule has 0 saturated heterocycles. The van der Waals surface area contributed by atoms with E-state index < -0.39 is 17.5 Å². The highest BCUT2D eigenvalue weighted by atomic mass is 19.2. The Morgan fingerprint density at radius 3 is 2.61 bits per heavy atom. The monoisotopic (exact) mass is 248 g/mol. The quantitative estimate of drug-likeness (QED) is 0.818. The first-order chi connectivity index (χ1) is 8.63. The van der Waals surface area contributed by atoms with E-state index in [0.29, 0.717) is 5.56 Å². The highest BCUT2D eigenvalue weighted by molar-refractivity contribution is 5.60. The lowest BCUT2D eigenvalue weighted by molar-refractivity contribution is 0.509. The van der Waals surface area contributed by atoms with E-state index in [4.69, 9.17) is 5.26 Å². The average Bonchev–Trinajstić information content (AvgIpc) is 2.34. The molecule has 0 fully saturated rings. The maximum absolute atomic E-state index is 13.7. The second-order valence-corrected chi connectivity index (χ2v) is 3.61. The maximum atomic E-state index is 13.7. The van der Waals surface area contributed by atoms with Crippen LogP contribution in [0.25, 0.3) is 11.3 Å². The molecule has 90 valence electrons. The zero-order valence-corrected chi connectivity index (χ0v) is 9.12. The van der Waals surface area contributed by atoms with Gasteiger partial charge in [-0.1, -0.05) is 6.07 Å². The van der Waals surface area contributed by atoms with Gasteiger partial charge in [0.05, 0.1) is 12.5 Å². The van der Waals surface area contributed by atoms with Crippen LogP contribution >= 0.6 is 0 Å². The lowest BCUT2D eigenvalue weighted by Gasteiger charge is -2.05. The molecule has 0 atom stereocenters. The summed E-state index contributed by atoms with van der Waals surface area (Å²) in [6.45, 7) is 0. The van der Waals surface area contributed by atoms with E-state index in [0.717, 1.165) is 12.1 Å². The van der Waals surface area contributed by atoms with Crippen LogP contribution < -0.4 is 0 Å². The summed E-state index contributed by atoms with van der Waals surface area (Å²) < 4.78 is 40.2. The van der Waals surface area contributed by atoms with Gasteiger partial charge in [0.25, 0.3) is 0 Å². The van der Waals surface area contributed by atoms with Gasteiger partial charge < -0.3 is 0 Å². The molecule has 5 heteroatoms. The molecular weight excluding hydrogens is 241 g/mol. The molecule has 0 aliphatic carbocycles. The Morgan fingerprint density at radius 2 is 1.94 bits per heavy atom. The molecule has 0 spiro atoms.